The molecule has 0 saturated carbocycles. The van der Waals surface area contributed by atoms with E-state index in [-0.39, 0.29) is 12.5 Å². The van der Waals surface area contributed by atoms with Gasteiger partial charge in [-0.25, -0.2) is 4.79 Å². The molecular formula is C22H21F3N2O5. The minimum Gasteiger partial charge on any atom is -0.480 e. The van der Waals surface area contributed by atoms with Crippen LogP contribution in [0.5, 0.6) is 0 Å². The Morgan fingerprint density at radius 2 is 1.53 bits per heavy atom. The molecule has 3 rings (SSSR count). The monoisotopic (exact) mass is 450 g/mol. The molecule has 1 unspecified atom stereocenters. The summed E-state index contributed by atoms with van der Waals surface area (Å²) >= 11 is 0. The number of aliphatic carboxylic acids is 1. The zero-order valence-electron chi connectivity index (χ0n) is 17.0. The molecule has 0 radical (unpaired) electrons. The lowest BCUT2D eigenvalue weighted by molar-refractivity contribution is -0.150. The Balaban J connectivity index is 1.69. The number of carboxylic acids is 1. The molecule has 2 aromatic carbocycles. The van der Waals surface area contributed by atoms with Gasteiger partial charge < -0.3 is 20.5 Å². The molecule has 1 aliphatic carbocycles. The molecule has 0 fully saturated rings. The molecule has 32 heavy (non-hydrogen) atoms. The maximum Gasteiger partial charge on any atom is 0.407 e. The fourth-order valence-corrected chi connectivity index (χ4v) is 3.60. The number of nitrogens with one attached hydrogen (secondary N) is 2. The van der Waals surface area contributed by atoms with E-state index in [0.29, 0.717) is 0 Å². The van der Waals surface area contributed by atoms with Gasteiger partial charge in [0.15, 0.2) is 0 Å². The first-order valence-electron chi connectivity index (χ1n) is 9.78. The Morgan fingerprint density at radius 1 is 1.00 bits per heavy atom. The van der Waals surface area contributed by atoms with Crippen LogP contribution in [0.2, 0.25) is 0 Å². The van der Waals surface area contributed by atoms with E-state index in [1.165, 1.54) is 0 Å². The second kappa shape index (κ2) is 9.29. The highest BCUT2D eigenvalue weighted by atomic mass is 19.4. The van der Waals surface area contributed by atoms with Gasteiger partial charge in [0, 0.05) is 5.92 Å². The van der Waals surface area contributed by atoms with Crippen molar-refractivity contribution >= 4 is 18.0 Å². The number of amides is 2. The molecule has 0 bridgehead atoms. The third kappa shape index (κ3) is 5.37. The third-order valence-corrected chi connectivity index (χ3v) is 5.12. The van der Waals surface area contributed by atoms with Gasteiger partial charge >= 0.3 is 18.2 Å². The van der Waals surface area contributed by atoms with Crippen LogP contribution in [0.15, 0.2) is 48.5 Å². The lowest BCUT2D eigenvalue weighted by Gasteiger charge is -2.21. The number of carbonyl (C=O) groups excluding carboxylic acids is 2. The van der Waals surface area contributed by atoms with E-state index in [9.17, 15) is 27.6 Å². The van der Waals surface area contributed by atoms with Crippen molar-refractivity contribution < 1.29 is 37.4 Å². The zero-order valence-corrected chi connectivity index (χ0v) is 17.0. The van der Waals surface area contributed by atoms with Gasteiger partial charge in [-0.1, -0.05) is 48.5 Å². The maximum atomic E-state index is 12.9. The van der Waals surface area contributed by atoms with Crippen LogP contribution < -0.4 is 10.6 Å². The van der Waals surface area contributed by atoms with Crippen molar-refractivity contribution in [3.8, 4) is 11.1 Å². The molecular weight excluding hydrogens is 429 g/mol. The van der Waals surface area contributed by atoms with Gasteiger partial charge in [-0.3, -0.25) is 9.59 Å². The fraction of sp³-hybridized carbons (Fsp3) is 0.318. The Hall–Kier alpha value is -3.56. The van der Waals surface area contributed by atoms with E-state index in [4.69, 9.17) is 9.84 Å². The van der Waals surface area contributed by atoms with Crippen molar-refractivity contribution in [3.63, 3.8) is 0 Å². The predicted octanol–water partition coefficient (Wildman–Crippen LogP) is 3.44. The lowest BCUT2D eigenvalue weighted by atomic mass is 9.98. The van der Waals surface area contributed by atoms with E-state index in [1.54, 1.807) is 0 Å². The lowest BCUT2D eigenvalue weighted by Crippen LogP contribution is -2.52. The normalized spacial score (nSPS) is 14.6. The summed E-state index contributed by atoms with van der Waals surface area (Å²) in [6.45, 7) is 0.948. The number of hydrogen-bond acceptors (Lipinski definition) is 4. The van der Waals surface area contributed by atoms with E-state index >= 15 is 0 Å². The average molecular weight is 450 g/mol. The van der Waals surface area contributed by atoms with Gasteiger partial charge in [0.2, 0.25) is 5.91 Å². The molecule has 0 spiro atoms. The van der Waals surface area contributed by atoms with Crippen molar-refractivity contribution in [2.24, 2.45) is 0 Å². The molecule has 10 heteroatoms. The average Bonchev–Trinajstić information content (AvgIpc) is 3.04. The van der Waals surface area contributed by atoms with Gasteiger partial charge in [-0.2, -0.15) is 13.2 Å². The number of fused-ring (bicyclic) bond motifs is 3. The van der Waals surface area contributed by atoms with E-state index < -0.39 is 42.7 Å². The van der Waals surface area contributed by atoms with Crippen LogP contribution in [-0.4, -0.2) is 47.9 Å². The van der Waals surface area contributed by atoms with Crippen molar-refractivity contribution in [2.75, 3.05) is 6.61 Å². The van der Waals surface area contributed by atoms with Crippen molar-refractivity contribution in [2.45, 2.75) is 37.5 Å². The third-order valence-electron chi connectivity index (χ3n) is 5.12. The smallest absolute Gasteiger partial charge is 0.407 e. The second-order valence-corrected chi connectivity index (χ2v) is 7.41. The van der Waals surface area contributed by atoms with Crippen LogP contribution in [0, 0.1) is 0 Å². The van der Waals surface area contributed by atoms with E-state index in [2.05, 4.69) is 0 Å². The highest BCUT2D eigenvalue weighted by Crippen LogP contribution is 2.44. The van der Waals surface area contributed by atoms with Crippen molar-refractivity contribution in [1.82, 2.24) is 10.6 Å². The Kier molecular flexibility index (Phi) is 6.71. The number of carboxylic acid groups (broad SMARTS) is 1. The van der Waals surface area contributed by atoms with Gasteiger partial charge in [0.05, 0.1) is 6.42 Å². The van der Waals surface area contributed by atoms with Gasteiger partial charge in [0.25, 0.3) is 0 Å². The first kappa shape index (κ1) is 23.1. The maximum absolute atomic E-state index is 12.9. The van der Waals surface area contributed by atoms with Crippen LogP contribution in [0.4, 0.5) is 18.0 Å². The molecule has 0 aromatic heterocycles. The first-order valence-corrected chi connectivity index (χ1v) is 9.78. The number of alkyl carbamates (subject to hydrolysis) is 1. The summed E-state index contributed by atoms with van der Waals surface area (Å²) in [5.74, 6) is -3.01. The van der Waals surface area contributed by atoms with Gasteiger partial charge in [-0.05, 0) is 29.2 Å². The number of rotatable bonds is 7. The zero-order chi connectivity index (χ0) is 23.5. The first-order chi connectivity index (χ1) is 15.1. The largest absolute Gasteiger partial charge is 0.480 e. The molecule has 170 valence electrons. The molecule has 0 heterocycles. The van der Waals surface area contributed by atoms with Gasteiger partial charge in [0.1, 0.15) is 18.7 Å². The number of halogens is 3. The number of alkyl halides is 3. The van der Waals surface area contributed by atoms with Crippen molar-refractivity contribution in [1.29, 1.82) is 0 Å². The minimum absolute atomic E-state index is 0.147. The molecule has 2 amide bonds. The van der Waals surface area contributed by atoms with E-state index in [0.717, 1.165) is 29.2 Å². The summed E-state index contributed by atoms with van der Waals surface area (Å²) in [6.07, 6.45) is -7.65. The summed E-state index contributed by atoms with van der Waals surface area (Å²) in [5, 5.41) is 12.7. The molecule has 1 aliphatic rings. The topological polar surface area (TPSA) is 105 Å². The predicted molar refractivity (Wildman–Crippen MR) is 108 cm³/mol. The Morgan fingerprint density at radius 3 is 2.03 bits per heavy atom. The van der Waals surface area contributed by atoms with Crippen LogP contribution in [0.25, 0.3) is 11.1 Å². The molecule has 3 N–H and O–H groups in total. The summed E-state index contributed by atoms with van der Waals surface area (Å²) < 4.78 is 43.8. The standard InChI is InChI=1S/C22H21F3N2O5/c1-12(20(29)30)26-19(28)18(10-22(23,24)25)27-21(31)32-11-17-15-8-4-2-6-13(15)14-7-3-5-9-16(14)17/h2-9,12,17-18H,10-11H2,1H3,(H,26,28)(H,27,31)(H,29,30)/t12-,18?/m0/s1. The number of carbonyl (C=O) groups is 3. The van der Waals surface area contributed by atoms with Gasteiger partial charge in [-0.15, -0.1) is 0 Å². The SMILES string of the molecule is C[C@H](NC(=O)C(CC(F)(F)F)NC(=O)OCC1c2ccccc2-c2ccccc21)C(=O)O. The minimum atomic E-state index is -4.77. The number of ether oxygens (including phenoxy) is 1. The number of hydrogen-bond donors (Lipinski definition) is 3. The molecule has 0 aliphatic heterocycles. The summed E-state index contributed by atoms with van der Waals surface area (Å²) in [6, 6.07) is 11.6. The Bertz CT molecular complexity index is 979. The molecule has 2 aromatic rings. The Labute approximate surface area is 181 Å². The quantitative estimate of drug-likeness (QED) is 0.600. The van der Waals surface area contributed by atoms with Crippen molar-refractivity contribution in [3.05, 3.63) is 59.7 Å². The van der Waals surface area contributed by atoms with Crippen LogP contribution in [-0.2, 0) is 14.3 Å². The summed E-state index contributed by atoms with van der Waals surface area (Å²) in [5.41, 5.74) is 3.80. The second-order valence-electron chi connectivity index (χ2n) is 7.41. The van der Waals surface area contributed by atoms with Crippen LogP contribution >= 0.6 is 0 Å². The summed E-state index contributed by atoms with van der Waals surface area (Å²) in [7, 11) is 0. The van der Waals surface area contributed by atoms with Crippen LogP contribution in [0.1, 0.15) is 30.4 Å². The molecule has 2 atom stereocenters. The fourth-order valence-electron chi connectivity index (χ4n) is 3.60. The summed E-state index contributed by atoms with van der Waals surface area (Å²) in [4.78, 5) is 35.2. The molecule has 7 nitrogen and oxygen atoms in total. The molecule has 0 saturated heterocycles. The van der Waals surface area contributed by atoms with E-state index in [1.807, 2.05) is 59.2 Å². The highest BCUT2D eigenvalue weighted by Gasteiger charge is 2.37. The number of benzene rings is 2. The highest BCUT2D eigenvalue weighted by molar-refractivity contribution is 5.89. The van der Waals surface area contributed by atoms with Crippen LogP contribution in [0.3, 0.4) is 0 Å².